The van der Waals surface area contributed by atoms with E-state index in [1.54, 1.807) is 13.8 Å². The van der Waals surface area contributed by atoms with Crippen molar-refractivity contribution in [1.82, 2.24) is 5.32 Å². The second-order valence-corrected chi connectivity index (χ2v) is 4.32. The van der Waals surface area contributed by atoms with E-state index in [1.165, 1.54) is 0 Å². The van der Waals surface area contributed by atoms with Gasteiger partial charge in [-0.25, -0.2) is 0 Å². The molecule has 0 heterocycles. The van der Waals surface area contributed by atoms with Crippen molar-refractivity contribution in [2.45, 2.75) is 20.8 Å². The van der Waals surface area contributed by atoms with Crippen molar-refractivity contribution in [2.24, 2.45) is 0 Å². The van der Waals surface area contributed by atoms with Gasteiger partial charge in [-0.2, -0.15) is 0 Å². The average Bonchev–Trinajstić information content (AvgIpc) is 2.37. The lowest BCUT2D eigenvalue weighted by atomic mass is 10.2. The maximum absolute atomic E-state index is 11.2. The lowest BCUT2D eigenvalue weighted by molar-refractivity contribution is -0.123. The van der Waals surface area contributed by atoms with Gasteiger partial charge in [0.2, 0.25) is 5.91 Å². The van der Waals surface area contributed by atoms with E-state index in [2.05, 4.69) is 10.6 Å². The molecule has 1 aromatic carbocycles. The first-order valence-corrected chi connectivity index (χ1v) is 5.95. The van der Waals surface area contributed by atoms with Crippen LogP contribution >= 0.6 is 0 Å². The number of amides is 1. The molecule has 0 saturated heterocycles. The highest BCUT2D eigenvalue weighted by molar-refractivity contribution is 6.00. The molecule has 1 aromatic rings. The van der Waals surface area contributed by atoms with Crippen LogP contribution in [0, 0.1) is 12.3 Å². The lowest BCUT2D eigenvalue weighted by Gasteiger charge is -2.14. The molecule has 0 fully saturated rings. The second kappa shape index (κ2) is 6.70. The number of rotatable bonds is 5. The first-order valence-electron chi connectivity index (χ1n) is 5.95. The van der Waals surface area contributed by atoms with Gasteiger partial charge in [-0.1, -0.05) is 17.7 Å². The van der Waals surface area contributed by atoms with Crippen molar-refractivity contribution in [3.05, 3.63) is 41.2 Å². The number of hydrogen-bond donors (Lipinski definition) is 4. The van der Waals surface area contributed by atoms with E-state index in [1.807, 2.05) is 31.2 Å². The average molecular weight is 261 g/mol. The van der Waals surface area contributed by atoms with E-state index in [0.717, 1.165) is 11.3 Å². The van der Waals surface area contributed by atoms with Crippen LogP contribution in [0.2, 0.25) is 0 Å². The third-order valence-electron chi connectivity index (χ3n) is 2.54. The molecule has 5 heteroatoms. The minimum absolute atomic E-state index is 0.221. The second-order valence-electron chi connectivity index (χ2n) is 4.32. The fourth-order valence-electron chi connectivity index (χ4n) is 1.56. The smallest absolute Gasteiger partial charge is 0.250 e. The molecule has 5 nitrogen and oxygen atoms in total. The maximum atomic E-state index is 11.2. The summed E-state index contributed by atoms with van der Waals surface area (Å²) in [5.41, 5.74) is 3.28. The molecule has 0 atom stereocenters. The van der Waals surface area contributed by atoms with E-state index in [4.69, 9.17) is 10.5 Å². The Morgan fingerprint density at radius 3 is 2.32 bits per heavy atom. The normalized spacial score (nSPS) is 11.6. The summed E-state index contributed by atoms with van der Waals surface area (Å²) in [5.74, 6) is -0.536. The van der Waals surface area contributed by atoms with Crippen LogP contribution in [0.3, 0.4) is 0 Å². The molecule has 4 N–H and O–H groups in total. The Morgan fingerprint density at radius 2 is 1.84 bits per heavy atom. The molecule has 1 amide bonds. The first kappa shape index (κ1) is 14.9. The summed E-state index contributed by atoms with van der Waals surface area (Å²) in [5, 5.41) is 22.0. The summed E-state index contributed by atoms with van der Waals surface area (Å²) < 4.78 is 0. The Hall–Kier alpha value is -2.14. The quantitative estimate of drug-likeness (QED) is 0.610. The zero-order valence-electron chi connectivity index (χ0n) is 11.4. The SMILES string of the molecule is CC(=N)/C(NC(=O)CO)=C(/C)Nc1ccc(C)cc1. The maximum Gasteiger partial charge on any atom is 0.250 e. The number of aliphatic hydroxyl groups is 1. The summed E-state index contributed by atoms with van der Waals surface area (Å²) >= 11 is 0. The number of anilines is 1. The zero-order valence-corrected chi connectivity index (χ0v) is 11.4. The fourth-order valence-corrected chi connectivity index (χ4v) is 1.56. The molecular formula is C14H19N3O2. The summed E-state index contributed by atoms with van der Waals surface area (Å²) in [6.45, 7) is 4.74. The van der Waals surface area contributed by atoms with Gasteiger partial charge in [0.1, 0.15) is 6.61 Å². The highest BCUT2D eigenvalue weighted by Gasteiger charge is 2.09. The van der Waals surface area contributed by atoms with Gasteiger partial charge in [0.05, 0.1) is 11.4 Å². The van der Waals surface area contributed by atoms with Crippen LogP contribution in [0.1, 0.15) is 19.4 Å². The van der Waals surface area contributed by atoms with Crippen LogP contribution in [0.4, 0.5) is 5.69 Å². The van der Waals surface area contributed by atoms with E-state index in [-0.39, 0.29) is 5.71 Å². The monoisotopic (exact) mass is 261 g/mol. The molecule has 0 unspecified atom stereocenters. The fraction of sp³-hybridized carbons (Fsp3) is 0.286. The van der Waals surface area contributed by atoms with Gasteiger partial charge < -0.3 is 21.1 Å². The van der Waals surface area contributed by atoms with Crippen LogP contribution in [-0.2, 0) is 4.79 Å². The lowest BCUT2D eigenvalue weighted by Crippen LogP contribution is -2.30. The van der Waals surface area contributed by atoms with Crippen molar-refractivity contribution in [1.29, 1.82) is 5.41 Å². The molecule has 1 rings (SSSR count). The van der Waals surface area contributed by atoms with Gasteiger partial charge in [-0.3, -0.25) is 4.79 Å². The van der Waals surface area contributed by atoms with Crippen molar-refractivity contribution in [3.63, 3.8) is 0 Å². The van der Waals surface area contributed by atoms with E-state index in [0.29, 0.717) is 11.4 Å². The van der Waals surface area contributed by atoms with Crippen LogP contribution < -0.4 is 10.6 Å². The molecule has 0 spiro atoms. The van der Waals surface area contributed by atoms with E-state index >= 15 is 0 Å². The highest BCUT2D eigenvalue weighted by Crippen LogP contribution is 2.13. The van der Waals surface area contributed by atoms with Crippen LogP contribution in [0.5, 0.6) is 0 Å². The number of aliphatic hydroxyl groups excluding tert-OH is 1. The van der Waals surface area contributed by atoms with Gasteiger partial charge >= 0.3 is 0 Å². The van der Waals surface area contributed by atoms with Crippen molar-refractivity contribution in [3.8, 4) is 0 Å². The number of aryl methyl sites for hydroxylation is 1. The zero-order chi connectivity index (χ0) is 14.4. The van der Waals surface area contributed by atoms with Gasteiger partial charge in [-0.15, -0.1) is 0 Å². The van der Waals surface area contributed by atoms with E-state index < -0.39 is 12.5 Å². The number of allylic oxidation sites excluding steroid dienone is 2. The van der Waals surface area contributed by atoms with Crippen molar-refractivity contribution >= 4 is 17.3 Å². The Bertz CT molecular complexity index is 504. The molecule has 0 aliphatic carbocycles. The highest BCUT2D eigenvalue weighted by atomic mass is 16.3. The van der Waals surface area contributed by atoms with Crippen molar-refractivity contribution in [2.75, 3.05) is 11.9 Å². The third-order valence-corrected chi connectivity index (χ3v) is 2.54. The molecule has 0 aromatic heterocycles. The standard InChI is InChI=1S/C14H19N3O2/c1-9-4-6-12(7-5-9)16-11(3)14(10(2)15)17-13(19)8-18/h4-7,15-16,18H,8H2,1-3H3,(H,17,19)/b14-11+,15-10?. The van der Waals surface area contributed by atoms with Gasteiger partial charge in [0.25, 0.3) is 0 Å². The molecule has 0 saturated carbocycles. The Balaban J connectivity index is 2.92. The number of carbonyl (C=O) groups excluding carboxylic acids is 1. The number of carbonyl (C=O) groups is 1. The number of nitrogens with one attached hydrogen (secondary N) is 3. The number of benzene rings is 1. The van der Waals surface area contributed by atoms with Crippen LogP contribution in [0.25, 0.3) is 0 Å². The summed E-state index contributed by atoms with van der Waals surface area (Å²) in [4.78, 5) is 11.2. The molecular weight excluding hydrogens is 242 g/mol. The molecule has 0 aliphatic heterocycles. The van der Waals surface area contributed by atoms with Crippen molar-refractivity contribution < 1.29 is 9.90 Å². The minimum Gasteiger partial charge on any atom is -0.387 e. The Morgan fingerprint density at radius 1 is 1.26 bits per heavy atom. The van der Waals surface area contributed by atoms with Crippen LogP contribution in [0.15, 0.2) is 35.7 Å². The van der Waals surface area contributed by atoms with Crippen LogP contribution in [-0.4, -0.2) is 23.3 Å². The molecule has 19 heavy (non-hydrogen) atoms. The summed E-state index contributed by atoms with van der Waals surface area (Å²) in [6.07, 6.45) is 0. The summed E-state index contributed by atoms with van der Waals surface area (Å²) in [6, 6.07) is 7.78. The first-order chi connectivity index (χ1) is 8.93. The van der Waals surface area contributed by atoms with Gasteiger partial charge in [0, 0.05) is 11.4 Å². The molecule has 0 bridgehead atoms. The predicted molar refractivity (Wildman–Crippen MR) is 76.1 cm³/mol. The largest absolute Gasteiger partial charge is 0.387 e. The topological polar surface area (TPSA) is 85.2 Å². The van der Waals surface area contributed by atoms with Gasteiger partial charge in [0.15, 0.2) is 0 Å². The van der Waals surface area contributed by atoms with E-state index in [9.17, 15) is 4.79 Å². The molecule has 0 radical (unpaired) electrons. The minimum atomic E-state index is -0.603. The number of hydrogen-bond acceptors (Lipinski definition) is 4. The Labute approximate surface area is 112 Å². The molecule has 102 valence electrons. The third kappa shape index (κ3) is 4.56. The van der Waals surface area contributed by atoms with Gasteiger partial charge in [-0.05, 0) is 32.9 Å². The Kier molecular flexibility index (Phi) is 5.26. The summed E-state index contributed by atoms with van der Waals surface area (Å²) in [7, 11) is 0. The molecule has 0 aliphatic rings. The predicted octanol–water partition coefficient (Wildman–Crippen LogP) is 1.79.